The zero-order valence-corrected chi connectivity index (χ0v) is 13.5. The molecule has 2 unspecified atom stereocenters. The molecule has 0 saturated heterocycles. The van der Waals surface area contributed by atoms with E-state index in [2.05, 4.69) is 5.32 Å². The summed E-state index contributed by atoms with van der Waals surface area (Å²) in [4.78, 5) is 11.8. The van der Waals surface area contributed by atoms with Crippen LogP contribution >= 0.6 is 0 Å². The van der Waals surface area contributed by atoms with Crippen molar-refractivity contribution in [3.05, 3.63) is 58.7 Å². The molecule has 1 N–H and O–H groups in total. The Morgan fingerprint density at radius 1 is 1.24 bits per heavy atom. The summed E-state index contributed by atoms with van der Waals surface area (Å²) in [5, 5.41) is 3.16. The average molecular weight is 347 g/mol. The molecule has 25 heavy (non-hydrogen) atoms. The summed E-state index contributed by atoms with van der Waals surface area (Å²) in [5.74, 6) is -0.173. The van der Waals surface area contributed by atoms with E-state index in [9.17, 15) is 18.0 Å². The van der Waals surface area contributed by atoms with Crippen molar-refractivity contribution in [1.82, 2.24) is 0 Å². The van der Waals surface area contributed by atoms with E-state index in [0.717, 1.165) is 29.2 Å². The van der Waals surface area contributed by atoms with Crippen LogP contribution in [0.15, 0.2) is 36.4 Å². The van der Waals surface area contributed by atoms with Crippen LogP contribution in [0.5, 0.6) is 5.75 Å². The predicted octanol–water partition coefficient (Wildman–Crippen LogP) is 3.94. The Morgan fingerprint density at radius 3 is 2.68 bits per heavy atom. The van der Waals surface area contributed by atoms with Gasteiger partial charge in [-0.1, -0.05) is 24.3 Å². The van der Waals surface area contributed by atoms with Gasteiger partial charge in [0.05, 0.1) is 24.1 Å². The first kappa shape index (κ1) is 16.0. The first-order chi connectivity index (χ1) is 11.9. The van der Waals surface area contributed by atoms with Crippen molar-refractivity contribution in [1.29, 1.82) is 0 Å². The second-order valence-corrected chi connectivity index (χ2v) is 6.45. The van der Waals surface area contributed by atoms with E-state index in [0.29, 0.717) is 18.4 Å². The van der Waals surface area contributed by atoms with Crippen LogP contribution in [0.1, 0.15) is 28.7 Å². The van der Waals surface area contributed by atoms with Gasteiger partial charge in [0, 0.05) is 11.3 Å². The molecule has 0 fully saturated rings. The van der Waals surface area contributed by atoms with Gasteiger partial charge in [0.1, 0.15) is 12.0 Å². The van der Waals surface area contributed by atoms with Gasteiger partial charge in [-0.05, 0) is 36.1 Å². The van der Waals surface area contributed by atoms with Crippen molar-refractivity contribution in [3.8, 4) is 5.75 Å². The Morgan fingerprint density at radius 2 is 2.00 bits per heavy atom. The minimum Gasteiger partial charge on any atom is -0.496 e. The second-order valence-electron chi connectivity index (χ2n) is 6.45. The Hall–Kier alpha value is -2.50. The second kappa shape index (κ2) is 5.25. The fourth-order valence-electron chi connectivity index (χ4n) is 4.40. The number of halogens is 3. The number of alkyl halides is 3. The quantitative estimate of drug-likeness (QED) is 0.837. The van der Waals surface area contributed by atoms with Crippen LogP contribution in [0.4, 0.5) is 18.9 Å². The molecule has 0 saturated carbocycles. The molecule has 3 nitrogen and oxygen atoms in total. The number of benzene rings is 2. The molecule has 2 aromatic carbocycles. The number of hydrogen-bond donors (Lipinski definition) is 1. The van der Waals surface area contributed by atoms with E-state index in [1.165, 1.54) is 13.2 Å². The number of anilines is 1. The predicted molar refractivity (Wildman–Crippen MR) is 87.0 cm³/mol. The third-order valence-corrected chi connectivity index (χ3v) is 5.37. The molecular formula is C19H16F3NO2. The Bertz CT molecular complexity index is 862. The fraction of sp³-hybridized carbons (Fsp3) is 0.316. The molecule has 2 atom stereocenters. The van der Waals surface area contributed by atoms with Gasteiger partial charge in [0.25, 0.3) is 0 Å². The van der Waals surface area contributed by atoms with Crippen molar-refractivity contribution in [2.75, 3.05) is 12.4 Å². The number of methoxy groups -OCH3 is 1. The van der Waals surface area contributed by atoms with E-state index in [1.54, 1.807) is 0 Å². The van der Waals surface area contributed by atoms with Gasteiger partial charge in [0.2, 0.25) is 0 Å². The number of aldehydes is 1. The molecule has 1 aliphatic carbocycles. The summed E-state index contributed by atoms with van der Waals surface area (Å²) in [7, 11) is 1.25. The van der Waals surface area contributed by atoms with Crippen LogP contribution in [-0.4, -0.2) is 19.4 Å². The Balaban J connectivity index is 2.05. The van der Waals surface area contributed by atoms with Crippen LogP contribution in [0.3, 0.4) is 0 Å². The van der Waals surface area contributed by atoms with Crippen molar-refractivity contribution in [2.45, 2.75) is 30.5 Å². The van der Waals surface area contributed by atoms with E-state index < -0.39 is 23.2 Å². The summed E-state index contributed by atoms with van der Waals surface area (Å²) in [6.45, 7) is 0. The van der Waals surface area contributed by atoms with Crippen molar-refractivity contribution in [2.24, 2.45) is 0 Å². The zero-order chi connectivity index (χ0) is 17.8. The minimum atomic E-state index is -4.52. The molecular weight excluding hydrogens is 331 g/mol. The molecule has 2 aromatic rings. The molecule has 1 aliphatic heterocycles. The Labute approximate surface area is 142 Å². The first-order valence-corrected chi connectivity index (χ1v) is 8.02. The maximum Gasteiger partial charge on any atom is 0.419 e. The van der Waals surface area contributed by atoms with Gasteiger partial charge in [-0.25, -0.2) is 0 Å². The minimum absolute atomic E-state index is 0.173. The highest BCUT2D eigenvalue weighted by Gasteiger charge is 2.54. The van der Waals surface area contributed by atoms with Gasteiger partial charge >= 0.3 is 6.18 Å². The lowest BCUT2D eigenvalue weighted by Crippen LogP contribution is -2.39. The topological polar surface area (TPSA) is 38.3 Å². The lowest BCUT2D eigenvalue weighted by Gasteiger charge is -2.32. The Kier molecular flexibility index (Phi) is 3.36. The zero-order valence-electron chi connectivity index (χ0n) is 13.5. The maximum absolute atomic E-state index is 13.5. The van der Waals surface area contributed by atoms with Gasteiger partial charge in [-0.3, -0.25) is 0 Å². The summed E-state index contributed by atoms with van der Waals surface area (Å²) in [6.07, 6.45) is -2.57. The molecule has 1 spiro atoms. The number of ether oxygens (including phenoxy) is 1. The average Bonchev–Trinajstić information content (AvgIpc) is 3.14. The number of para-hydroxylation sites is 1. The first-order valence-electron chi connectivity index (χ1n) is 8.02. The number of carbonyl (C=O) groups excluding carboxylic acids is 1. The third kappa shape index (κ3) is 2.03. The largest absolute Gasteiger partial charge is 0.496 e. The van der Waals surface area contributed by atoms with E-state index in [4.69, 9.17) is 4.74 Å². The number of aryl methyl sites for hydroxylation is 1. The van der Waals surface area contributed by atoms with Crippen LogP contribution in [0, 0.1) is 0 Å². The normalized spacial score (nSPS) is 23.9. The van der Waals surface area contributed by atoms with E-state index in [1.807, 2.05) is 24.3 Å². The van der Waals surface area contributed by atoms with Gasteiger partial charge in [0.15, 0.2) is 0 Å². The van der Waals surface area contributed by atoms with E-state index in [-0.39, 0.29) is 5.75 Å². The molecule has 0 aromatic heterocycles. The molecule has 0 radical (unpaired) electrons. The van der Waals surface area contributed by atoms with Gasteiger partial charge in [-0.2, -0.15) is 13.2 Å². The smallest absolute Gasteiger partial charge is 0.419 e. The SMILES string of the molecule is COc1c(C(F)(F)F)ccc2c1C1(CC2)c2ccccc2NC1C=O. The van der Waals surface area contributed by atoms with Gasteiger partial charge in [-0.15, -0.1) is 0 Å². The monoisotopic (exact) mass is 347 g/mol. The van der Waals surface area contributed by atoms with Crippen LogP contribution in [0.25, 0.3) is 0 Å². The summed E-state index contributed by atoms with van der Waals surface area (Å²) in [6, 6.07) is 9.36. The van der Waals surface area contributed by atoms with Gasteiger partial charge < -0.3 is 14.8 Å². The summed E-state index contributed by atoms with van der Waals surface area (Å²) >= 11 is 0. The fourth-order valence-corrected chi connectivity index (χ4v) is 4.40. The standard InChI is InChI=1S/C19H16F3NO2/c1-25-17-13(19(20,21)22)7-6-11-8-9-18(16(11)17)12-4-2-3-5-14(12)23-15(18)10-24/h2-7,10,15,23H,8-9H2,1H3. The number of nitrogens with one attached hydrogen (secondary N) is 1. The summed E-state index contributed by atoms with van der Waals surface area (Å²) in [5.41, 5.74) is 1.29. The molecule has 1 heterocycles. The number of fused-ring (bicyclic) bond motifs is 4. The molecule has 0 amide bonds. The van der Waals surface area contributed by atoms with Crippen molar-refractivity contribution in [3.63, 3.8) is 0 Å². The maximum atomic E-state index is 13.5. The number of hydrogen-bond acceptors (Lipinski definition) is 3. The van der Waals surface area contributed by atoms with Crippen LogP contribution in [-0.2, 0) is 22.8 Å². The van der Waals surface area contributed by atoms with Crippen molar-refractivity contribution >= 4 is 12.0 Å². The highest BCUT2D eigenvalue weighted by atomic mass is 19.4. The highest BCUT2D eigenvalue weighted by Crippen LogP contribution is 2.57. The molecule has 4 rings (SSSR count). The lowest BCUT2D eigenvalue weighted by atomic mass is 9.71. The molecule has 130 valence electrons. The summed E-state index contributed by atoms with van der Waals surface area (Å²) < 4.78 is 45.7. The number of carbonyl (C=O) groups is 1. The molecule has 6 heteroatoms. The van der Waals surface area contributed by atoms with Crippen LogP contribution in [0.2, 0.25) is 0 Å². The van der Waals surface area contributed by atoms with Crippen molar-refractivity contribution < 1.29 is 22.7 Å². The highest BCUT2D eigenvalue weighted by molar-refractivity contribution is 5.81. The lowest BCUT2D eigenvalue weighted by molar-refractivity contribution is -0.138. The molecule has 2 aliphatic rings. The number of rotatable bonds is 2. The molecule has 0 bridgehead atoms. The third-order valence-electron chi connectivity index (χ3n) is 5.37. The van der Waals surface area contributed by atoms with E-state index >= 15 is 0 Å². The van der Waals surface area contributed by atoms with Crippen LogP contribution < -0.4 is 10.1 Å².